The molecule has 0 aromatic heterocycles. The maximum atomic E-state index is 12.6. The molecule has 1 saturated heterocycles. The Bertz CT molecular complexity index is 112. The van der Waals surface area contributed by atoms with Gasteiger partial charge in [-0.25, -0.2) is 4.39 Å². The molecular formula is C6H12FNO2. The Morgan fingerprint density at radius 3 is 2.80 bits per heavy atom. The smallest absolute Gasteiger partial charge is 0.129 e. The van der Waals surface area contributed by atoms with Crippen molar-refractivity contribution in [3.8, 4) is 0 Å². The predicted octanol–water partition coefficient (Wildman–Crippen LogP) is -0.960. The Morgan fingerprint density at radius 2 is 2.30 bits per heavy atom. The molecule has 0 amide bonds. The molecule has 60 valence electrons. The van der Waals surface area contributed by atoms with Crippen LogP contribution < -0.4 is 5.32 Å². The lowest BCUT2D eigenvalue weighted by Crippen LogP contribution is -2.49. The molecule has 3 N–H and O–H groups in total. The van der Waals surface area contributed by atoms with Crippen LogP contribution in [-0.2, 0) is 0 Å². The van der Waals surface area contributed by atoms with E-state index in [1.165, 1.54) is 0 Å². The van der Waals surface area contributed by atoms with Crippen molar-refractivity contribution in [1.29, 1.82) is 0 Å². The second kappa shape index (κ2) is 3.27. The first kappa shape index (κ1) is 7.91. The van der Waals surface area contributed by atoms with Crippen molar-refractivity contribution < 1.29 is 14.6 Å². The van der Waals surface area contributed by atoms with Crippen LogP contribution in [0.5, 0.6) is 0 Å². The summed E-state index contributed by atoms with van der Waals surface area (Å²) in [6, 6.07) is -0.182. The molecular weight excluding hydrogens is 137 g/mol. The molecule has 4 heteroatoms. The van der Waals surface area contributed by atoms with Gasteiger partial charge in [-0.1, -0.05) is 0 Å². The average molecular weight is 149 g/mol. The monoisotopic (exact) mass is 149 g/mol. The Balaban J connectivity index is 2.33. The van der Waals surface area contributed by atoms with Crippen LogP contribution in [0.25, 0.3) is 0 Å². The Labute approximate surface area is 58.9 Å². The van der Waals surface area contributed by atoms with Crippen molar-refractivity contribution in [3.05, 3.63) is 0 Å². The number of alkyl halides is 1. The number of β-amino-alcohol motifs (C(OH)–C–C–N with tert-alkyl or cyclic N) is 1. The summed E-state index contributed by atoms with van der Waals surface area (Å²) in [6.07, 6.45) is -1.88. The quantitative estimate of drug-likeness (QED) is 0.450. The molecule has 1 rings (SSSR count). The predicted molar refractivity (Wildman–Crippen MR) is 34.4 cm³/mol. The number of aliphatic hydroxyl groups excluding tert-OH is 2. The minimum atomic E-state index is -1.18. The van der Waals surface area contributed by atoms with Gasteiger partial charge < -0.3 is 15.5 Å². The van der Waals surface area contributed by atoms with Crippen molar-refractivity contribution >= 4 is 0 Å². The molecule has 10 heavy (non-hydrogen) atoms. The molecule has 3 atom stereocenters. The second-order valence-corrected chi connectivity index (χ2v) is 2.61. The highest BCUT2D eigenvalue weighted by Gasteiger charge is 2.27. The summed E-state index contributed by atoms with van der Waals surface area (Å²) in [4.78, 5) is 0. The molecule has 1 aliphatic rings. The van der Waals surface area contributed by atoms with Gasteiger partial charge in [-0.2, -0.15) is 0 Å². The average Bonchev–Trinajstić information content (AvgIpc) is 1.95. The van der Waals surface area contributed by atoms with Crippen LogP contribution >= 0.6 is 0 Å². The standard InChI is InChI=1S/C6H12FNO2/c7-5-1-4(3-9)8-2-6(5)10/h4-6,8-10H,1-3H2. The maximum Gasteiger partial charge on any atom is 0.129 e. The number of aliphatic hydroxyl groups is 2. The molecule has 1 fully saturated rings. The lowest BCUT2D eigenvalue weighted by Gasteiger charge is -2.28. The van der Waals surface area contributed by atoms with E-state index in [4.69, 9.17) is 10.2 Å². The summed E-state index contributed by atoms with van der Waals surface area (Å²) in [7, 11) is 0. The Kier molecular flexibility index (Phi) is 2.59. The summed E-state index contributed by atoms with van der Waals surface area (Å²) < 4.78 is 12.6. The molecule has 0 saturated carbocycles. The van der Waals surface area contributed by atoms with E-state index in [-0.39, 0.29) is 25.6 Å². The fraction of sp³-hybridized carbons (Fsp3) is 1.00. The molecule has 0 radical (unpaired) electrons. The number of rotatable bonds is 1. The van der Waals surface area contributed by atoms with Crippen LogP contribution in [0.2, 0.25) is 0 Å². The van der Waals surface area contributed by atoms with Crippen LogP contribution in [0.1, 0.15) is 6.42 Å². The lowest BCUT2D eigenvalue weighted by molar-refractivity contribution is 0.0303. The topological polar surface area (TPSA) is 52.5 Å². The van der Waals surface area contributed by atoms with Crippen molar-refractivity contribution in [1.82, 2.24) is 5.32 Å². The third-order valence-electron chi connectivity index (χ3n) is 1.76. The van der Waals surface area contributed by atoms with E-state index in [0.717, 1.165) is 0 Å². The lowest BCUT2D eigenvalue weighted by atomic mass is 10.0. The van der Waals surface area contributed by atoms with E-state index >= 15 is 0 Å². The largest absolute Gasteiger partial charge is 0.395 e. The fourth-order valence-corrected chi connectivity index (χ4v) is 1.07. The maximum absolute atomic E-state index is 12.6. The molecule has 0 spiro atoms. The number of hydrogen-bond donors (Lipinski definition) is 3. The summed E-state index contributed by atoms with van der Waals surface area (Å²) in [5, 5.41) is 20.3. The summed E-state index contributed by atoms with van der Waals surface area (Å²) in [5.41, 5.74) is 0. The molecule has 0 aromatic carbocycles. The highest BCUT2D eigenvalue weighted by atomic mass is 19.1. The van der Waals surface area contributed by atoms with Gasteiger partial charge in [0, 0.05) is 12.6 Å². The summed E-state index contributed by atoms with van der Waals surface area (Å²) in [6.45, 7) is 0.180. The molecule has 0 aliphatic carbocycles. The Hall–Kier alpha value is -0.190. The van der Waals surface area contributed by atoms with E-state index in [0.29, 0.717) is 0 Å². The van der Waals surface area contributed by atoms with E-state index < -0.39 is 12.3 Å². The van der Waals surface area contributed by atoms with Crippen molar-refractivity contribution in [2.45, 2.75) is 24.7 Å². The van der Waals surface area contributed by atoms with Gasteiger partial charge in [0.2, 0.25) is 0 Å². The van der Waals surface area contributed by atoms with Crippen LogP contribution in [0, 0.1) is 0 Å². The number of halogens is 1. The van der Waals surface area contributed by atoms with Gasteiger partial charge in [0.25, 0.3) is 0 Å². The first-order chi connectivity index (χ1) is 4.74. The minimum absolute atomic E-state index is 0.0624. The van der Waals surface area contributed by atoms with E-state index in [2.05, 4.69) is 5.32 Å². The van der Waals surface area contributed by atoms with Crippen LogP contribution in [0.3, 0.4) is 0 Å². The number of nitrogens with one attached hydrogen (secondary N) is 1. The zero-order valence-electron chi connectivity index (χ0n) is 5.63. The summed E-state index contributed by atoms with van der Waals surface area (Å²) in [5.74, 6) is 0. The van der Waals surface area contributed by atoms with Gasteiger partial charge in [0.05, 0.1) is 12.7 Å². The first-order valence-corrected chi connectivity index (χ1v) is 3.40. The van der Waals surface area contributed by atoms with Crippen LogP contribution in [0.4, 0.5) is 4.39 Å². The Morgan fingerprint density at radius 1 is 1.60 bits per heavy atom. The number of piperidine rings is 1. The molecule has 1 heterocycles. The normalized spacial score (nSPS) is 41.7. The summed E-state index contributed by atoms with van der Waals surface area (Å²) >= 11 is 0. The zero-order chi connectivity index (χ0) is 7.56. The third-order valence-corrected chi connectivity index (χ3v) is 1.76. The SMILES string of the molecule is OCC1CC(F)C(O)CN1. The molecule has 0 aromatic rings. The van der Waals surface area contributed by atoms with Crippen LogP contribution in [-0.4, -0.2) is 41.7 Å². The fourth-order valence-electron chi connectivity index (χ4n) is 1.07. The third kappa shape index (κ3) is 1.65. The van der Waals surface area contributed by atoms with Gasteiger partial charge in [-0.05, 0) is 6.42 Å². The van der Waals surface area contributed by atoms with Gasteiger partial charge in [-0.15, -0.1) is 0 Å². The van der Waals surface area contributed by atoms with E-state index in [1.807, 2.05) is 0 Å². The van der Waals surface area contributed by atoms with Crippen molar-refractivity contribution in [2.24, 2.45) is 0 Å². The highest BCUT2D eigenvalue weighted by Crippen LogP contribution is 2.11. The van der Waals surface area contributed by atoms with Crippen molar-refractivity contribution in [3.63, 3.8) is 0 Å². The molecule has 1 aliphatic heterocycles. The zero-order valence-corrected chi connectivity index (χ0v) is 5.63. The second-order valence-electron chi connectivity index (χ2n) is 2.61. The van der Waals surface area contributed by atoms with E-state index in [9.17, 15) is 4.39 Å². The van der Waals surface area contributed by atoms with Crippen LogP contribution in [0.15, 0.2) is 0 Å². The molecule has 0 bridgehead atoms. The van der Waals surface area contributed by atoms with Gasteiger partial charge in [-0.3, -0.25) is 0 Å². The molecule has 3 unspecified atom stereocenters. The van der Waals surface area contributed by atoms with Gasteiger partial charge in [0.15, 0.2) is 0 Å². The highest BCUT2D eigenvalue weighted by molar-refractivity contribution is 4.83. The van der Waals surface area contributed by atoms with E-state index in [1.54, 1.807) is 0 Å². The minimum Gasteiger partial charge on any atom is -0.395 e. The van der Waals surface area contributed by atoms with Gasteiger partial charge in [0.1, 0.15) is 6.17 Å². The first-order valence-electron chi connectivity index (χ1n) is 3.40. The number of hydrogen-bond acceptors (Lipinski definition) is 3. The van der Waals surface area contributed by atoms with Crippen molar-refractivity contribution in [2.75, 3.05) is 13.2 Å². The van der Waals surface area contributed by atoms with Gasteiger partial charge >= 0.3 is 0 Å². The molecule has 3 nitrogen and oxygen atoms in total.